The second-order valence-corrected chi connectivity index (χ2v) is 7.02. The molecule has 1 saturated heterocycles. The Morgan fingerprint density at radius 2 is 1.71 bits per heavy atom. The second-order valence-electron chi connectivity index (χ2n) is 7.02. The summed E-state index contributed by atoms with van der Waals surface area (Å²) in [5.74, 6) is -1.67. The van der Waals surface area contributed by atoms with Crippen molar-refractivity contribution >= 4 is 5.91 Å². The van der Waals surface area contributed by atoms with Crippen molar-refractivity contribution in [3.05, 3.63) is 70.8 Å². The van der Waals surface area contributed by atoms with Crippen molar-refractivity contribution in [3.8, 4) is 0 Å². The zero-order chi connectivity index (χ0) is 20.5. The van der Waals surface area contributed by atoms with Crippen LogP contribution in [-0.2, 0) is 24.1 Å². The lowest BCUT2D eigenvalue weighted by molar-refractivity contribution is -0.142. The predicted octanol–water partition coefficient (Wildman–Crippen LogP) is 4.26. The number of rotatable bonds is 5. The fourth-order valence-corrected chi connectivity index (χ4v) is 3.17. The number of nitrogens with zero attached hydrogens (tertiary/aromatic N) is 1. The number of benzene rings is 2. The Balaban J connectivity index is 1.62. The average molecular weight is 398 g/mol. The Bertz CT molecular complexity index is 846. The van der Waals surface area contributed by atoms with Crippen molar-refractivity contribution in [1.29, 1.82) is 0 Å². The molecule has 1 N–H and O–H groups in total. The van der Waals surface area contributed by atoms with E-state index < -0.39 is 28.9 Å². The van der Waals surface area contributed by atoms with E-state index in [1.54, 1.807) is 11.8 Å². The van der Waals surface area contributed by atoms with Gasteiger partial charge < -0.3 is 5.32 Å². The smallest absolute Gasteiger partial charge is 0.350 e. The van der Waals surface area contributed by atoms with Crippen LogP contribution in [0.25, 0.3) is 0 Å². The Hall–Kier alpha value is -2.48. The SMILES string of the molecule is CC1(C(=O)NCc2ccc(C(F)(F)F)cc2)CCN1Cc1c(F)cccc1F. The van der Waals surface area contributed by atoms with E-state index in [0.29, 0.717) is 18.5 Å². The maximum absolute atomic E-state index is 13.9. The monoisotopic (exact) mass is 398 g/mol. The number of alkyl halides is 3. The van der Waals surface area contributed by atoms with Crippen LogP contribution in [0.5, 0.6) is 0 Å². The molecule has 0 spiro atoms. The van der Waals surface area contributed by atoms with Crippen LogP contribution >= 0.6 is 0 Å². The molecule has 0 bridgehead atoms. The molecule has 1 atom stereocenters. The minimum Gasteiger partial charge on any atom is -0.350 e. The summed E-state index contributed by atoms with van der Waals surface area (Å²) in [5.41, 5.74) is -1.26. The first kappa shape index (κ1) is 20.3. The Kier molecular flexibility index (Phi) is 5.43. The summed E-state index contributed by atoms with van der Waals surface area (Å²) < 4.78 is 65.5. The van der Waals surface area contributed by atoms with Crippen LogP contribution in [0.2, 0.25) is 0 Å². The minimum atomic E-state index is -4.41. The van der Waals surface area contributed by atoms with Crippen LogP contribution in [0.15, 0.2) is 42.5 Å². The summed E-state index contributed by atoms with van der Waals surface area (Å²) in [6, 6.07) is 8.14. The number of nitrogens with one attached hydrogen (secondary N) is 1. The average Bonchev–Trinajstić information content (AvgIpc) is 2.63. The number of carbonyl (C=O) groups excluding carboxylic acids is 1. The molecule has 3 nitrogen and oxygen atoms in total. The highest BCUT2D eigenvalue weighted by atomic mass is 19.4. The fraction of sp³-hybridized carbons (Fsp3) is 0.350. The van der Waals surface area contributed by atoms with Gasteiger partial charge in [-0.15, -0.1) is 0 Å². The lowest BCUT2D eigenvalue weighted by Crippen LogP contribution is -2.65. The third kappa shape index (κ3) is 4.01. The molecule has 1 unspecified atom stereocenters. The van der Waals surface area contributed by atoms with Gasteiger partial charge >= 0.3 is 6.18 Å². The summed E-state index contributed by atoms with van der Waals surface area (Å²) in [5, 5.41) is 2.70. The number of hydrogen-bond acceptors (Lipinski definition) is 2. The summed E-state index contributed by atoms with van der Waals surface area (Å²) in [6.45, 7) is 2.21. The molecule has 1 fully saturated rings. The third-order valence-corrected chi connectivity index (χ3v) is 5.20. The number of amides is 1. The molecule has 1 aliphatic heterocycles. The highest BCUT2D eigenvalue weighted by molar-refractivity contribution is 5.86. The predicted molar refractivity (Wildman–Crippen MR) is 93.1 cm³/mol. The first-order chi connectivity index (χ1) is 13.1. The van der Waals surface area contributed by atoms with Gasteiger partial charge in [-0.3, -0.25) is 9.69 Å². The molecule has 1 heterocycles. The molecular formula is C20H19F5N2O. The van der Waals surface area contributed by atoms with Gasteiger partial charge in [0.1, 0.15) is 11.6 Å². The van der Waals surface area contributed by atoms with Crippen molar-refractivity contribution in [3.63, 3.8) is 0 Å². The van der Waals surface area contributed by atoms with Gasteiger partial charge in [0.25, 0.3) is 0 Å². The van der Waals surface area contributed by atoms with Gasteiger partial charge in [-0.2, -0.15) is 13.2 Å². The molecule has 8 heteroatoms. The lowest BCUT2D eigenvalue weighted by atomic mass is 9.85. The first-order valence-corrected chi connectivity index (χ1v) is 8.73. The van der Waals surface area contributed by atoms with Crippen LogP contribution < -0.4 is 5.32 Å². The van der Waals surface area contributed by atoms with E-state index in [2.05, 4.69) is 5.32 Å². The number of hydrogen-bond donors (Lipinski definition) is 1. The number of likely N-dealkylation sites (tertiary alicyclic amines) is 1. The molecular weight excluding hydrogens is 379 g/mol. The number of carbonyl (C=O) groups is 1. The van der Waals surface area contributed by atoms with Crippen LogP contribution in [0.3, 0.4) is 0 Å². The van der Waals surface area contributed by atoms with Crippen molar-refractivity contribution in [2.24, 2.45) is 0 Å². The maximum atomic E-state index is 13.9. The van der Waals surface area contributed by atoms with Crippen LogP contribution in [0, 0.1) is 11.6 Å². The van der Waals surface area contributed by atoms with Gasteiger partial charge in [0.15, 0.2) is 0 Å². The van der Waals surface area contributed by atoms with Crippen LogP contribution in [0.1, 0.15) is 30.0 Å². The fourth-order valence-electron chi connectivity index (χ4n) is 3.17. The van der Waals surface area contributed by atoms with E-state index >= 15 is 0 Å². The molecule has 28 heavy (non-hydrogen) atoms. The molecule has 0 saturated carbocycles. The molecule has 1 aliphatic rings. The summed E-state index contributed by atoms with van der Waals surface area (Å²) >= 11 is 0. The molecule has 2 aromatic carbocycles. The largest absolute Gasteiger partial charge is 0.416 e. The normalized spacial score (nSPS) is 19.9. The highest BCUT2D eigenvalue weighted by Crippen LogP contribution is 2.33. The van der Waals surface area contributed by atoms with Gasteiger partial charge in [0.2, 0.25) is 5.91 Å². The van der Waals surface area contributed by atoms with Crippen LogP contribution in [0.4, 0.5) is 22.0 Å². The summed E-state index contributed by atoms with van der Waals surface area (Å²) in [4.78, 5) is 14.3. The van der Waals surface area contributed by atoms with Crippen molar-refractivity contribution < 1.29 is 26.7 Å². The van der Waals surface area contributed by atoms with E-state index in [1.807, 2.05) is 0 Å². The minimum absolute atomic E-state index is 0.0390. The Morgan fingerprint density at radius 3 is 2.21 bits per heavy atom. The van der Waals surface area contributed by atoms with Gasteiger partial charge in [0.05, 0.1) is 11.1 Å². The van der Waals surface area contributed by atoms with Gasteiger partial charge in [-0.05, 0) is 43.2 Å². The molecule has 0 aromatic heterocycles. The van der Waals surface area contributed by atoms with Crippen molar-refractivity contribution in [2.45, 2.75) is 38.1 Å². The quantitative estimate of drug-likeness (QED) is 0.764. The lowest BCUT2D eigenvalue weighted by Gasteiger charge is -2.49. The molecule has 0 radical (unpaired) electrons. The molecule has 150 valence electrons. The van der Waals surface area contributed by atoms with E-state index in [-0.39, 0.29) is 24.6 Å². The van der Waals surface area contributed by atoms with E-state index in [1.165, 1.54) is 30.3 Å². The van der Waals surface area contributed by atoms with Crippen molar-refractivity contribution in [2.75, 3.05) is 6.54 Å². The van der Waals surface area contributed by atoms with E-state index in [0.717, 1.165) is 12.1 Å². The maximum Gasteiger partial charge on any atom is 0.416 e. The zero-order valence-corrected chi connectivity index (χ0v) is 15.1. The summed E-state index contributed by atoms with van der Waals surface area (Å²) in [7, 11) is 0. The second kappa shape index (κ2) is 7.50. The van der Waals surface area contributed by atoms with Gasteiger partial charge in [0, 0.05) is 25.2 Å². The van der Waals surface area contributed by atoms with E-state index in [9.17, 15) is 26.7 Å². The topological polar surface area (TPSA) is 32.3 Å². The molecule has 1 amide bonds. The van der Waals surface area contributed by atoms with Gasteiger partial charge in [-0.25, -0.2) is 8.78 Å². The first-order valence-electron chi connectivity index (χ1n) is 8.73. The third-order valence-electron chi connectivity index (χ3n) is 5.20. The van der Waals surface area contributed by atoms with Gasteiger partial charge in [-0.1, -0.05) is 18.2 Å². The van der Waals surface area contributed by atoms with Crippen molar-refractivity contribution in [1.82, 2.24) is 10.2 Å². The zero-order valence-electron chi connectivity index (χ0n) is 15.1. The highest BCUT2D eigenvalue weighted by Gasteiger charge is 2.46. The standard InChI is InChI=1S/C20H19F5N2O/c1-19(9-10-27(19)12-15-16(21)3-2-4-17(15)22)18(28)26-11-13-5-7-14(8-6-13)20(23,24)25/h2-8H,9-12H2,1H3,(H,26,28). The Morgan fingerprint density at radius 1 is 1.11 bits per heavy atom. The van der Waals surface area contributed by atoms with Crippen LogP contribution in [-0.4, -0.2) is 22.9 Å². The molecule has 2 aromatic rings. The Labute approximate surface area is 159 Å². The molecule has 0 aliphatic carbocycles. The summed E-state index contributed by atoms with van der Waals surface area (Å²) in [6.07, 6.45) is -3.90. The number of halogens is 5. The van der Waals surface area contributed by atoms with E-state index in [4.69, 9.17) is 0 Å². The molecule has 3 rings (SSSR count).